The van der Waals surface area contributed by atoms with Crippen LogP contribution < -0.4 is 21.5 Å². The number of nitrogens with one attached hydrogen (secondary N) is 2. The summed E-state index contributed by atoms with van der Waals surface area (Å²) in [7, 11) is 0. The number of alkyl halides is 6. The molecule has 0 unspecified atom stereocenters. The van der Waals surface area contributed by atoms with E-state index in [1.807, 2.05) is 0 Å². The van der Waals surface area contributed by atoms with E-state index in [-0.39, 0.29) is 30.8 Å². The van der Waals surface area contributed by atoms with Crippen molar-refractivity contribution in [2.45, 2.75) is 51.8 Å². The van der Waals surface area contributed by atoms with Crippen LogP contribution in [0.2, 0.25) is 0 Å². The predicted molar refractivity (Wildman–Crippen MR) is 129 cm³/mol. The van der Waals surface area contributed by atoms with E-state index in [0.717, 1.165) is 24.3 Å². The van der Waals surface area contributed by atoms with E-state index in [2.05, 4.69) is 15.6 Å². The molecule has 228 valence electrons. The molecule has 0 fully saturated rings. The van der Waals surface area contributed by atoms with Crippen molar-refractivity contribution in [1.82, 2.24) is 10.6 Å². The number of halogens is 8. The first-order chi connectivity index (χ1) is 18.7. The van der Waals surface area contributed by atoms with Crippen molar-refractivity contribution in [2.24, 2.45) is 10.7 Å². The Labute approximate surface area is 229 Å². The average Bonchev–Trinajstić information content (AvgIpc) is 2.82. The van der Waals surface area contributed by atoms with E-state index in [4.69, 9.17) is 10.5 Å². The van der Waals surface area contributed by atoms with Crippen LogP contribution in [-0.2, 0) is 39.8 Å². The van der Waals surface area contributed by atoms with E-state index in [0.29, 0.717) is 12.1 Å². The number of ether oxygens (including phenoxy) is 1. The van der Waals surface area contributed by atoms with Crippen LogP contribution in [0.5, 0.6) is 0 Å². The molecule has 0 aliphatic rings. The summed E-state index contributed by atoms with van der Waals surface area (Å²) in [6.45, 7) is 3.53. The fourth-order valence-electron chi connectivity index (χ4n) is 2.79. The summed E-state index contributed by atoms with van der Waals surface area (Å²) in [6, 6.07) is 4.07. The van der Waals surface area contributed by atoms with Gasteiger partial charge in [0.1, 0.15) is 24.3 Å². The smallest absolute Gasteiger partial charge is 0.416 e. The van der Waals surface area contributed by atoms with Crippen LogP contribution in [0.4, 0.5) is 35.1 Å². The van der Waals surface area contributed by atoms with E-state index in [9.17, 15) is 49.8 Å². The molecular formula is C25H27F8N4O4-. The van der Waals surface area contributed by atoms with Crippen LogP contribution in [0.3, 0.4) is 0 Å². The molecule has 0 atom stereocenters. The number of nitrogens with two attached hydrogens (primary N) is 1. The van der Waals surface area contributed by atoms with Crippen LogP contribution in [-0.4, -0.2) is 36.6 Å². The molecule has 0 aromatic heterocycles. The van der Waals surface area contributed by atoms with Crippen molar-refractivity contribution >= 4 is 17.9 Å². The van der Waals surface area contributed by atoms with Gasteiger partial charge in [-0.2, -0.15) is 26.3 Å². The van der Waals surface area contributed by atoms with Crippen molar-refractivity contribution in [1.29, 1.82) is 0 Å². The van der Waals surface area contributed by atoms with Crippen molar-refractivity contribution in [3.05, 3.63) is 70.3 Å². The predicted octanol–water partition coefficient (Wildman–Crippen LogP) is 3.41. The summed E-state index contributed by atoms with van der Waals surface area (Å²) in [5, 5.41) is 15.8. The second-order valence-electron chi connectivity index (χ2n) is 9.25. The second kappa shape index (κ2) is 14.6. The lowest BCUT2D eigenvalue weighted by Crippen LogP contribution is -2.33. The van der Waals surface area contributed by atoms with Gasteiger partial charge in [0.25, 0.3) is 0 Å². The lowest BCUT2D eigenvalue weighted by atomic mass is 10.1. The molecule has 0 heterocycles. The van der Waals surface area contributed by atoms with Gasteiger partial charge in [0.2, 0.25) is 11.8 Å². The molecule has 0 saturated carbocycles. The third kappa shape index (κ3) is 14.3. The Morgan fingerprint density at radius 3 is 1.59 bits per heavy atom. The van der Waals surface area contributed by atoms with E-state index < -0.39 is 65.2 Å². The monoisotopic (exact) mass is 599 g/mol. The molecule has 0 radical (unpaired) electrons. The maximum Gasteiger partial charge on any atom is 0.416 e. The third-order valence-corrected chi connectivity index (χ3v) is 4.48. The van der Waals surface area contributed by atoms with Crippen LogP contribution in [0, 0.1) is 11.6 Å². The minimum atomic E-state index is -4.69. The fourth-order valence-corrected chi connectivity index (χ4v) is 2.79. The zero-order valence-electron chi connectivity index (χ0n) is 22.0. The van der Waals surface area contributed by atoms with Crippen LogP contribution in [0.15, 0.2) is 41.4 Å². The number of hydrogen-bond acceptors (Lipinski definition) is 6. The highest BCUT2D eigenvalue weighted by molar-refractivity contribution is 5.80. The first-order valence-corrected chi connectivity index (χ1v) is 11.6. The van der Waals surface area contributed by atoms with Gasteiger partial charge in [-0.25, -0.2) is 8.78 Å². The lowest BCUT2D eigenvalue weighted by molar-refractivity contribution is -0.260. The van der Waals surface area contributed by atoms with Gasteiger partial charge in [0, 0.05) is 18.7 Å². The Hall–Kier alpha value is -3.95. The van der Waals surface area contributed by atoms with Crippen LogP contribution in [0.1, 0.15) is 43.0 Å². The average molecular weight is 599 g/mol. The first-order valence-electron chi connectivity index (χ1n) is 11.6. The molecule has 0 spiro atoms. The molecule has 2 rings (SSSR count). The standard InChI is InChI=1S/C15H18F4N2O3.C10H10F4N2O/c1-14(2,3)24-13(23)21-8-12(22)20-7-9-4-10(15(17,18)19)6-11(16)5-9;11-8-2-6(5-16-9(17)4-15)1-7(3-8)10(12,13)14/h4-6H,7-8H2,1-3H3,(H,20,22)(H,21,23);1-3H,4-5,15H2,(H,16,17)/p-1. The Bertz CT molecular complexity index is 1230. The van der Waals surface area contributed by atoms with Gasteiger partial charge in [-0.05, 0) is 47.5 Å². The molecule has 0 bridgehead atoms. The third-order valence-electron chi connectivity index (χ3n) is 4.48. The number of hydrogen-bond donors (Lipinski definition) is 3. The Morgan fingerprint density at radius 1 is 0.805 bits per heavy atom. The molecule has 8 nitrogen and oxygen atoms in total. The SMILES string of the molecule is CC(C)(C)OC([O-])=NCC(=O)NCc1cc(F)cc(C(F)(F)F)c1.NCC(=O)NCc1cc(F)cc(C(F)(F)F)c1. The normalized spacial score (nSPS) is 12.2. The van der Waals surface area contributed by atoms with Gasteiger partial charge < -0.3 is 26.2 Å². The highest BCUT2D eigenvalue weighted by Crippen LogP contribution is 2.31. The molecule has 0 aliphatic heterocycles. The molecule has 41 heavy (non-hydrogen) atoms. The second-order valence-corrected chi connectivity index (χ2v) is 9.25. The molecule has 2 aromatic rings. The first kappa shape index (κ1) is 35.1. The zero-order chi connectivity index (χ0) is 31.6. The maximum absolute atomic E-state index is 13.2. The number of benzene rings is 2. The zero-order valence-corrected chi connectivity index (χ0v) is 22.0. The van der Waals surface area contributed by atoms with Gasteiger partial charge in [0.05, 0.1) is 17.7 Å². The molecule has 2 aromatic carbocycles. The minimum Gasteiger partial charge on any atom is -0.595 e. The topological polar surface area (TPSA) is 129 Å². The van der Waals surface area contributed by atoms with Crippen molar-refractivity contribution in [3.8, 4) is 0 Å². The van der Waals surface area contributed by atoms with Gasteiger partial charge in [0.15, 0.2) is 0 Å². The van der Waals surface area contributed by atoms with E-state index >= 15 is 0 Å². The fraction of sp³-hybridized carbons (Fsp3) is 0.400. The summed E-state index contributed by atoms with van der Waals surface area (Å²) < 4.78 is 106. The quantitative estimate of drug-likeness (QED) is 0.255. The maximum atomic E-state index is 13.2. The van der Waals surface area contributed by atoms with Crippen molar-refractivity contribution in [3.63, 3.8) is 0 Å². The number of amides is 2. The highest BCUT2D eigenvalue weighted by atomic mass is 19.4. The van der Waals surface area contributed by atoms with E-state index in [1.54, 1.807) is 20.8 Å². The Morgan fingerprint density at radius 2 is 1.22 bits per heavy atom. The lowest BCUT2D eigenvalue weighted by Gasteiger charge is -2.29. The van der Waals surface area contributed by atoms with Gasteiger partial charge in [-0.3, -0.25) is 14.6 Å². The van der Waals surface area contributed by atoms with Crippen molar-refractivity contribution in [2.75, 3.05) is 13.1 Å². The van der Waals surface area contributed by atoms with Gasteiger partial charge in [-0.1, -0.05) is 20.8 Å². The number of aliphatic imine (C=N–C) groups is 1. The van der Waals surface area contributed by atoms with E-state index in [1.165, 1.54) is 0 Å². The summed E-state index contributed by atoms with van der Waals surface area (Å²) in [6.07, 6.45) is -10.2. The summed E-state index contributed by atoms with van der Waals surface area (Å²) in [5.41, 5.74) is 1.97. The molecular weight excluding hydrogens is 572 g/mol. The Balaban J connectivity index is 0.000000435. The summed E-state index contributed by atoms with van der Waals surface area (Å²) in [4.78, 5) is 25.7. The highest BCUT2D eigenvalue weighted by Gasteiger charge is 2.32. The number of carbonyl (C=O) groups excluding carboxylic acids is 2. The molecule has 2 amide bonds. The molecule has 0 aliphatic carbocycles. The molecule has 4 N–H and O–H groups in total. The summed E-state index contributed by atoms with van der Waals surface area (Å²) in [5.74, 6) is -3.30. The number of carbonyl (C=O) groups is 2. The number of rotatable bonds is 7. The van der Waals surface area contributed by atoms with Gasteiger partial charge >= 0.3 is 12.4 Å². The minimum absolute atomic E-state index is 0.0270. The molecule has 16 heteroatoms. The summed E-state index contributed by atoms with van der Waals surface area (Å²) >= 11 is 0. The number of nitrogens with zero attached hydrogens (tertiary/aromatic N) is 1. The molecule has 0 saturated heterocycles. The Kier molecular flexibility index (Phi) is 12.5. The van der Waals surface area contributed by atoms with Crippen molar-refractivity contribution < 1.29 is 54.6 Å². The van der Waals surface area contributed by atoms with Crippen LogP contribution >= 0.6 is 0 Å². The van der Waals surface area contributed by atoms with Gasteiger partial charge in [-0.15, -0.1) is 0 Å². The van der Waals surface area contributed by atoms with Crippen LogP contribution in [0.25, 0.3) is 0 Å². The largest absolute Gasteiger partial charge is 0.595 e.